The van der Waals surface area contributed by atoms with Gasteiger partial charge in [0.15, 0.2) is 0 Å². The number of hydrogen-bond acceptors (Lipinski definition) is 3. The lowest BCUT2D eigenvalue weighted by atomic mass is 9.64. The first-order valence-electron chi connectivity index (χ1n) is 6.97. The number of nitrogens with one attached hydrogen (secondary N) is 1. The molecule has 0 heterocycles. The Labute approximate surface area is 106 Å². The van der Waals surface area contributed by atoms with Crippen LogP contribution >= 0.6 is 0 Å². The monoisotopic (exact) mass is 240 g/mol. The van der Waals surface area contributed by atoms with Gasteiger partial charge in [0, 0.05) is 23.5 Å². The third kappa shape index (κ3) is 2.25. The van der Waals surface area contributed by atoms with Crippen LogP contribution in [-0.2, 0) is 0 Å². The molecule has 0 aromatic heterocycles. The van der Waals surface area contributed by atoms with E-state index in [1.54, 1.807) is 0 Å². The molecule has 0 radical (unpaired) electrons. The van der Waals surface area contributed by atoms with Crippen LogP contribution in [0.25, 0.3) is 0 Å². The minimum Gasteiger partial charge on any atom is -0.392 e. The molecule has 17 heavy (non-hydrogen) atoms. The number of aliphatic hydroxyl groups is 1. The Morgan fingerprint density at radius 1 is 1.24 bits per heavy atom. The highest BCUT2D eigenvalue weighted by Gasteiger charge is 2.48. The zero-order chi connectivity index (χ0) is 12.7. The van der Waals surface area contributed by atoms with Gasteiger partial charge in [0.05, 0.1) is 6.10 Å². The van der Waals surface area contributed by atoms with Gasteiger partial charge in [-0.05, 0) is 33.4 Å². The Balaban J connectivity index is 1.89. The van der Waals surface area contributed by atoms with E-state index in [-0.39, 0.29) is 11.5 Å². The molecule has 2 aliphatic carbocycles. The van der Waals surface area contributed by atoms with E-state index in [0.717, 1.165) is 13.0 Å². The van der Waals surface area contributed by atoms with Gasteiger partial charge in [0.1, 0.15) is 0 Å². The summed E-state index contributed by atoms with van der Waals surface area (Å²) in [4.78, 5) is 2.40. The molecule has 100 valence electrons. The smallest absolute Gasteiger partial charge is 0.0621 e. The van der Waals surface area contributed by atoms with Crippen molar-refractivity contribution >= 4 is 0 Å². The molecule has 0 aliphatic heterocycles. The maximum atomic E-state index is 9.76. The van der Waals surface area contributed by atoms with E-state index in [9.17, 15) is 5.11 Å². The van der Waals surface area contributed by atoms with Crippen molar-refractivity contribution in [3.05, 3.63) is 0 Å². The minimum absolute atomic E-state index is 0.0477. The molecule has 2 saturated carbocycles. The summed E-state index contributed by atoms with van der Waals surface area (Å²) in [5.74, 6) is 0. The zero-order valence-electron chi connectivity index (χ0n) is 11.8. The van der Waals surface area contributed by atoms with E-state index in [0.29, 0.717) is 11.6 Å². The summed E-state index contributed by atoms with van der Waals surface area (Å²) >= 11 is 0. The largest absolute Gasteiger partial charge is 0.392 e. The average molecular weight is 240 g/mol. The van der Waals surface area contributed by atoms with E-state index in [4.69, 9.17) is 0 Å². The van der Waals surface area contributed by atoms with Crippen LogP contribution in [-0.4, -0.2) is 48.3 Å². The quantitative estimate of drug-likeness (QED) is 0.783. The van der Waals surface area contributed by atoms with E-state index in [1.165, 1.54) is 25.7 Å². The van der Waals surface area contributed by atoms with Gasteiger partial charge in [0.25, 0.3) is 0 Å². The van der Waals surface area contributed by atoms with E-state index >= 15 is 0 Å². The second-order valence-corrected chi connectivity index (χ2v) is 6.83. The van der Waals surface area contributed by atoms with Crippen LogP contribution in [0.15, 0.2) is 0 Å². The number of rotatable bonds is 4. The lowest BCUT2D eigenvalue weighted by Crippen LogP contribution is -2.63. The van der Waals surface area contributed by atoms with E-state index in [1.807, 2.05) is 0 Å². The fourth-order valence-corrected chi connectivity index (χ4v) is 3.38. The van der Waals surface area contributed by atoms with Gasteiger partial charge in [-0.3, -0.25) is 0 Å². The van der Waals surface area contributed by atoms with E-state index in [2.05, 4.69) is 38.2 Å². The predicted molar refractivity (Wildman–Crippen MR) is 71.1 cm³/mol. The third-order valence-electron chi connectivity index (χ3n) is 5.38. The van der Waals surface area contributed by atoms with Crippen LogP contribution in [0.2, 0.25) is 0 Å². The van der Waals surface area contributed by atoms with Crippen LogP contribution in [0.3, 0.4) is 0 Å². The Morgan fingerprint density at radius 3 is 2.24 bits per heavy atom. The first-order valence-corrected chi connectivity index (χ1v) is 6.97. The molecule has 0 spiro atoms. The maximum Gasteiger partial charge on any atom is 0.0621 e. The summed E-state index contributed by atoms with van der Waals surface area (Å²) in [6, 6.07) is 0.481. The lowest BCUT2D eigenvalue weighted by Gasteiger charge is -2.51. The van der Waals surface area contributed by atoms with Gasteiger partial charge in [0.2, 0.25) is 0 Å². The van der Waals surface area contributed by atoms with Crippen molar-refractivity contribution in [2.75, 3.05) is 20.6 Å². The first kappa shape index (κ1) is 13.3. The molecule has 0 aromatic carbocycles. The molecule has 0 aromatic rings. The third-order valence-corrected chi connectivity index (χ3v) is 5.38. The molecular weight excluding hydrogens is 212 g/mol. The molecule has 2 aliphatic rings. The summed E-state index contributed by atoms with van der Waals surface area (Å²) in [5.41, 5.74) is 0.405. The van der Waals surface area contributed by atoms with Crippen molar-refractivity contribution in [2.45, 2.75) is 63.6 Å². The second kappa shape index (κ2) is 4.52. The number of aliphatic hydroxyl groups excluding tert-OH is 1. The number of likely N-dealkylation sites (N-methyl/N-ethyl adjacent to an activating group) is 1. The number of hydrogen-bond donors (Lipinski definition) is 2. The molecule has 0 saturated heterocycles. The van der Waals surface area contributed by atoms with Gasteiger partial charge >= 0.3 is 0 Å². The molecule has 3 heteroatoms. The van der Waals surface area contributed by atoms with Crippen LogP contribution < -0.4 is 5.32 Å². The number of nitrogens with zero attached hydrogens (tertiary/aromatic N) is 1. The summed E-state index contributed by atoms with van der Waals surface area (Å²) in [6.07, 6.45) is 6.12. The van der Waals surface area contributed by atoms with Crippen molar-refractivity contribution in [1.82, 2.24) is 10.2 Å². The first-order chi connectivity index (χ1) is 7.88. The van der Waals surface area contributed by atoms with Crippen molar-refractivity contribution < 1.29 is 5.11 Å². The molecule has 2 fully saturated rings. The van der Waals surface area contributed by atoms with Gasteiger partial charge in [-0.2, -0.15) is 0 Å². The SMILES string of the molecule is CN(C)C1(CNC2CC(O)C2(C)C)CCCC1. The Bertz CT molecular complexity index is 269. The molecular formula is C14H28N2O. The molecule has 3 nitrogen and oxygen atoms in total. The summed E-state index contributed by atoms with van der Waals surface area (Å²) in [5, 5.41) is 13.5. The molecule has 2 unspecified atom stereocenters. The lowest BCUT2D eigenvalue weighted by molar-refractivity contribution is -0.0757. The maximum absolute atomic E-state index is 9.76. The molecule has 2 N–H and O–H groups in total. The molecule has 0 amide bonds. The van der Waals surface area contributed by atoms with Gasteiger partial charge < -0.3 is 15.3 Å². The standard InChI is InChI=1S/C14H28N2O/c1-13(2)11(9-12(13)17)15-10-14(16(3)4)7-5-6-8-14/h11-12,15,17H,5-10H2,1-4H3. The van der Waals surface area contributed by atoms with Crippen molar-refractivity contribution in [2.24, 2.45) is 5.41 Å². The normalized spacial score (nSPS) is 34.9. The summed E-state index contributed by atoms with van der Waals surface area (Å²) in [6.45, 7) is 5.40. The topological polar surface area (TPSA) is 35.5 Å². The highest BCUT2D eigenvalue weighted by atomic mass is 16.3. The van der Waals surface area contributed by atoms with Crippen molar-refractivity contribution in [3.8, 4) is 0 Å². The van der Waals surface area contributed by atoms with Crippen LogP contribution in [0.1, 0.15) is 46.0 Å². The highest BCUT2D eigenvalue weighted by Crippen LogP contribution is 2.41. The highest BCUT2D eigenvalue weighted by molar-refractivity contribution is 5.04. The van der Waals surface area contributed by atoms with Crippen LogP contribution in [0.5, 0.6) is 0 Å². The van der Waals surface area contributed by atoms with Gasteiger partial charge in [-0.25, -0.2) is 0 Å². The van der Waals surface area contributed by atoms with E-state index < -0.39 is 0 Å². The summed E-state index contributed by atoms with van der Waals surface area (Å²) < 4.78 is 0. The summed E-state index contributed by atoms with van der Waals surface area (Å²) in [7, 11) is 4.40. The fourth-order valence-electron chi connectivity index (χ4n) is 3.38. The molecule has 2 rings (SSSR count). The predicted octanol–water partition coefficient (Wildman–Crippen LogP) is 1.61. The fraction of sp³-hybridized carbons (Fsp3) is 1.00. The van der Waals surface area contributed by atoms with Crippen molar-refractivity contribution in [1.29, 1.82) is 0 Å². The van der Waals surface area contributed by atoms with Crippen molar-refractivity contribution in [3.63, 3.8) is 0 Å². The van der Waals surface area contributed by atoms with Crippen LogP contribution in [0.4, 0.5) is 0 Å². The van der Waals surface area contributed by atoms with Gasteiger partial charge in [-0.1, -0.05) is 26.7 Å². The Kier molecular flexibility index (Phi) is 3.54. The average Bonchev–Trinajstić information content (AvgIpc) is 2.74. The minimum atomic E-state index is -0.126. The second-order valence-electron chi connectivity index (χ2n) is 6.83. The zero-order valence-corrected chi connectivity index (χ0v) is 11.8. The molecule has 2 atom stereocenters. The van der Waals surface area contributed by atoms with Gasteiger partial charge in [-0.15, -0.1) is 0 Å². The Morgan fingerprint density at radius 2 is 1.82 bits per heavy atom. The molecule has 0 bridgehead atoms. The Hall–Kier alpha value is -0.120. The van der Waals surface area contributed by atoms with Crippen LogP contribution in [0, 0.1) is 5.41 Å².